The van der Waals surface area contributed by atoms with Crippen LogP contribution in [0.3, 0.4) is 0 Å². The predicted octanol–water partition coefficient (Wildman–Crippen LogP) is 1.51. The quantitative estimate of drug-likeness (QED) is 0.786. The fraction of sp³-hybridized carbons (Fsp3) is 0.500. The van der Waals surface area contributed by atoms with Gasteiger partial charge in [0.05, 0.1) is 13.2 Å². The predicted molar refractivity (Wildman–Crippen MR) is 57.2 cm³/mol. The van der Waals surface area contributed by atoms with Crippen LogP contribution < -0.4 is 5.73 Å². The third-order valence-corrected chi connectivity index (χ3v) is 2.95. The maximum Gasteiger partial charge on any atom is 0.0560 e. The highest BCUT2D eigenvalue weighted by Gasteiger charge is 2.37. The molecule has 1 aliphatic rings. The molecule has 1 aromatic rings. The Balaban J connectivity index is 2.06. The molecule has 0 spiro atoms. The lowest BCUT2D eigenvalue weighted by Gasteiger charge is -2.40. The molecule has 2 rings (SSSR count). The molecule has 1 heterocycles. The summed E-state index contributed by atoms with van der Waals surface area (Å²) < 4.78 is 5.25. The number of ether oxygens (including phenoxy) is 1. The number of benzene rings is 1. The second kappa shape index (κ2) is 3.71. The van der Waals surface area contributed by atoms with Gasteiger partial charge in [0.1, 0.15) is 0 Å². The molecule has 0 unspecified atom stereocenters. The minimum absolute atomic E-state index is 0.218. The standard InChI is InChI=1S/C12H17NO/c1-10-2-4-11(5-3-10)6-12(7-13)8-14-9-12/h2-5H,6-9,13H2,1H3. The number of hydrogen-bond donors (Lipinski definition) is 1. The van der Waals surface area contributed by atoms with Gasteiger partial charge in [0.15, 0.2) is 0 Å². The van der Waals surface area contributed by atoms with Gasteiger partial charge in [-0.3, -0.25) is 0 Å². The highest BCUT2D eigenvalue weighted by molar-refractivity contribution is 5.23. The third kappa shape index (κ3) is 1.81. The summed E-state index contributed by atoms with van der Waals surface area (Å²) in [6.07, 6.45) is 1.05. The first-order chi connectivity index (χ1) is 6.74. The van der Waals surface area contributed by atoms with E-state index in [1.165, 1.54) is 11.1 Å². The molecule has 2 N–H and O–H groups in total. The number of nitrogens with two attached hydrogens (primary N) is 1. The zero-order valence-electron chi connectivity index (χ0n) is 8.62. The molecule has 1 aliphatic heterocycles. The van der Waals surface area contributed by atoms with Crippen LogP contribution in [0.4, 0.5) is 0 Å². The highest BCUT2D eigenvalue weighted by atomic mass is 16.5. The van der Waals surface area contributed by atoms with Crippen LogP contribution in [0.15, 0.2) is 24.3 Å². The molecule has 0 atom stereocenters. The van der Waals surface area contributed by atoms with Crippen molar-refractivity contribution in [1.82, 2.24) is 0 Å². The minimum atomic E-state index is 0.218. The summed E-state index contributed by atoms with van der Waals surface area (Å²) in [5, 5.41) is 0. The Morgan fingerprint density at radius 1 is 1.29 bits per heavy atom. The molecule has 0 saturated carbocycles. The Morgan fingerprint density at radius 2 is 1.93 bits per heavy atom. The lowest BCUT2D eigenvalue weighted by Crippen LogP contribution is -2.49. The molecule has 0 aliphatic carbocycles. The Kier molecular flexibility index (Phi) is 2.57. The topological polar surface area (TPSA) is 35.2 Å². The molecule has 76 valence electrons. The van der Waals surface area contributed by atoms with Crippen LogP contribution in [0, 0.1) is 12.3 Å². The zero-order valence-corrected chi connectivity index (χ0v) is 8.62. The average molecular weight is 191 g/mol. The zero-order chi connectivity index (χ0) is 10.0. The smallest absolute Gasteiger partial charge is 0.0560 e. The van der Waals surface area contributed by atoms with Crippen LogP contribution in [0.2, 0.25) is 0 Å². The first kappa shape index (κ1) is 9.69. The molecular weight excluding hydrogens is 174 g/mol. The normalized spacial score (nSPS) is 19.0. The Hall–Kier alpha value is -0.860. The third-order valence-electron chi connectivity index (χ3n) is 2.95. The fourth-order valence-electron chi connectivity index (χ4n) is 1.82. The molecule has 14 heavy (non-hydrogen) atoms. The maximum atomic E-state index is 5.77. The van der Waals surface area contributed by atoms with E-state index in [1.807, 2.05) is 0 Å². The van der Waals surface area contributed by atoms with Crippen LogP contribution in [0.25, 0.3) is 0 Å². The molecule has 1 fully saturated rings. The van der Waals surface area contributed by atoms with Crippen molar-refractivity contribution in [3.63, 3.8) is 0 Å². The Bertz CT molecular complexity index is 295. The molecule has 2 nitrogen and oxygen atoms in total. The van der Waals surface area contributed by atoms with Gasteiger partial charge >= 0.3 is 0 Å². The van der Waals surface area contributed by atoms with E-state index < -0.39 is 0 Å². The SMILES string of the molecule is Cc1ccc(CC2(CN)COC2)cc1. The molecule has 0 aromatic heterocycles. The van der Waals surface area contributed by atoms with Crippen molar-refractivity contribution in [2.24, 2.45) is 11.1 Å². The summed E-state index contributed by atoms with van der Waals surface area (Å²) in [6.45, 7) is 4.46. The van der Waals surface area contributed by atoms with Crippen LogP contribution in [-0.2, 0) is 11.2 Å². The summed E-state index contributed by atoms with van der Waals surface area (Å²) in [5.74, 6) is 0. The van der Waals surface area contributed by atoms with E-state index in [2.05, 4.69) is 31.2 Å². The van der Waals surface area contributed by atoms with Gasteiger partial charge in [0, 0.05) is 12.0 Å². The van der Waals surface area contributed by atoms with E-state index in [0.717, 1.165) is 26.2 Å². The average Bonchev–Trinajstić information content (AvgIpc) is 2.15. The fourth-order valence-corrected chi connectivity index (χ4v) is 1.82. The van der Waals surface area contributed by atoms with Crippen molar-refractivity contribution in [2.45, 2.75) is 13.3 Å². The Labute approximate surface area is 85.1 Å². The van der Waals surface area contributed by atoms with E-state index in [1.54, 1.807) is 0 Å². The summed E-state index contributed by atoms with van der Waals surface area (Å²) >= 11 is 0. The van der Waals surface area contributed by atoms with Gasteiger partial charge < -0.3 is 10.5 Å². The summed E-state index contributed by atoms with van der Waals surface area (Å²) in [7, 11) is 0. The van der Waals surface area contributed by atoms with E-state index in [9.17, 15) is 0 Å². The molecule has 0 amide bonds. The van der Waals surface area contributed by atoms with Gasteiger partial charge in [-0.25, -0.2) is 0 Å². The van der Waals surface area contributed by atoms with Crippen LogP contribution in [0.1, 0.15) is 11.1 Å². The lowest BCUT2D eigenvalue weighted by molar-refractivity contribution is -0.106. The number of rotatable bonds is 3. The molecule has 1 aromatic carbocycles. The van der Waals surface area contributed by atoms with Gasteiger partial charge in [-0.05, 0) is 18.9 Å². The van der Waals surface area contributed by atoms with Crippen molar-refractivity contribution in [3.8, 4) is 0 Å². The molecule has 0 radical (unpaired) electrons. The first-order valence-corrected chi connectivity index (χ1v) is 5.07. The van der Waals surface area contributed by atoms with Gasteiger partial charge in [-0.1, -0.05) is 29.8 Å². The van der Waals surface area contributed by atoms with Gasteiger partial charge in [0.25, 0.3) is 0 Å². The minimum Gasteiger partial charge on any atom is -0.380 e. The second-order valence-electron chi connectivity index (χ2n) is 4.36. The van der Waals surface area contributed by atoms with Crippen LogP contribution >= 0.6 is 0 Å². The lowest BCUT2D eigenvalue weighted by atomic mass is 9.80. The van der Waals surface area contributed by atoms with E-state index >= 15 is 0 Å². The molecule has 0 bridgehead atoms. The highest BCUT2D eigenvalue weighted by Crippen LogP contribution is 2.30. The number of aryl methyl sites for hydroxylation is 1. The van der Waals surface area contributed by atoms with Crippen LogP contribution in [-0.4, -0.2) is 19.8 Å². The van der Waals surface area contributed by atoms with Crippen molar-refractivity contribution in [2.75, 3.05) is 19.8 Å². The van der Waals surface area contributed by atoms with Gasteiger partial charge in [-0.15, -0.1) is 0 Å². The monoisotopic (exact) mass is 191 g/mol. The van der Waals surface area contributed by atoms with Crippen molar-refractivity contribution < 1.29 is 4.74 Å². The van der Waals surface area contributed by atoms with Crippen molar-refractivity contribution >= 4 is 0 Å². The van der Waals surface area contributed by atoms with E-state index in [-0.39, 0.29) is 5.41 Å². The van der Waals surface area contributed by atoms with Crippen LogP contribution in [0.5, 0.6) is 0 Å². The van der Waals surface area contributed by atoms with Crippen molar-refractivity contribution in [1.29, 1.82) is 0 Å². The Morgan fingerprint density at radius 3 is 2.36 bits per heavy atom. The van der Waals surface area contributed by atoms with Gasteiger partial charge in [0.2, 0.25) is 0 Å². The number of hydrogen-bond acceptors (Lipinski definition) is 2. The van der Waals surface area contributed by atoms with E-state index in [0.29, 0.717) is 0 Å². The van der Waals surface area contributed by atoms with E-state index in [4.69, 9.17) is 10.5 Å². The van der Waals surface area contributed by atoms with Gasteiger partial charge in [-0.2, -0.15) is 0 Å². The molecular formula is C12H17NO. The summed E-state index contributed by atoms with van der Waals surface area (Å²) in [6, 6.07) is 8.67. The second-order valence-corrected chi connectivity index (χ2v) is 4.36. The maximum absolute atomic E-state index is 5.77. The summed E-state index contributed by atoms with van der Waals surface area (Å²) in [4.78, 5) is 0. The largest absolute Gasteiger partial charge is 0.380 e. The molecule has 1 saturated heterocycles. The summed E-state index contributed by atoms with van der Waals surface area (Å²) in [5.41, 5.74) is 8.66. The first-order valence-electron chi connectivity index (χ1n) is 5.07. The molecule has 2 heteroatoms. The van der Waals surface area contributed by atoms with Crippen molar-refractivity contribution in [3.05, 3.63) is 35.4 Å².